The molecule has 1 heterocycles. The SMILES string of the molecule is CC.CC1CCCN(C(C)c2ccccc2)C1. The molecule has 2 unspecified atom stereocenters. The van der Waals surface area contributed by atoms with Crippen LogP contribution in [0, 0.1) is 5.92 Å². The van der Waals surface area contributed by atoms with Crippen molar-refractivity contribution in [3.8, 4) is 0 Å². The Labute approximate surface area is 107 Å². The van der Waals surface area contributed by atoms with Crippen LogP contribution in [0.3, 0.4) is 0 Å². The first-order valence-corrected chi connectivity index (χ1v) is 7.06. The molecule has 1 aliphatic heterocycles. The van der Waals surface area contributed by atoms with Crippen LogP contribution in [0.4, 0.5) is 0 Å². The van der Waals surface area contributed by atoms with Gasteiger partial charge in [0.05, 0.1) is 0 Å². The molecule has 0 spiro atoms. The van der Waals surface area contributed by atoms with Crippen molar-refractivity contribution in [2.45, 2.75) is 46.6 Å². The van der Waals surface area contributed by atoms with E-state index < -0.39 is 0 Å². The Morgan fingerprint density at radius 1 is 1.18 bits per heavy atom. The van der Waals surface area contributed by atoms with Crippen molar-refractivity contribution in [2.75, 3.05) is 13.1 Å². The van der Waals surface area contributed by atoms with Gasteiger partial charge in [-0.2, -0.15) is 0 Å². The highest BCUT2D eigenvalue weighted by Crippen LogP contribution is 2.25. The molecular weight excluding hydrogens is 206 g/mol. The van der Waals surface area contributed by atoms with Crippen LogP contribution >= 0.6 is 0 Å². The first kappa shape index (κ1) is 14.2. The van der Waals surface area contributed by atoms with Gasteiger partial charge in [-0.1, -0.05) is 51.1 Å². The van der Waals surface area contributed by atoms with Crippen LogP contribution in [0.5, 0.6) is 0 Å². The van der Waals surface area contributed by atoms with Crippen LogP contribution in [0.15, 0.2) is 30.3 Å². The summed E-state index contributed by atoms with van der Waals surface area (Å²) >= 11 is 0. The largest absolute Gasteiger partial charge is 0.296 e. The van der Waals surface area contributed by atoms with Gasteiger partial charge in [-0.25, -0.2) is 0 Å². The van der Waals surface area contributed by atoms with Crippen LogP contribution in [-0.4, -0.2) is 18.0 Å². The molecule has 0 N–H and O–H groups in total. The molecule has 0 aliphatic carbocycles. The molecule has 1 aromatic carbocycles. The quantitative estimate of drug-likeness (QED) is 0.726. The first-order chi connectivity index (χ1) is 8.27. The molecule has 1 nitrogen and oxygen atoms in total. The molecule has 0 saturated carbocycles. The monoisotopic (exact) mass is 233 g/mol. The second kappa shape index (κ2) is 7.50. The minimum absolute atomic E-state index is 0.578. The summed E-state index contributed by atoms with van der Waals surface area (Å²) in [5, 5.41) is 0. The summed E-state index contributed by atoms with van der Waals surface area (Å²) in [7, 11) is 0. The topological polar surface area (TPSA) is 3.24 Å². The average molecular weight is 233 g/mol. The second-order valence-corrected chi connectivity index (χ2v) is 4.83. The zero-order chi connectivity index (χ0) is 12.7. The zero-order valence-electron chi connectivity index (χ0n) is 11.8. The predicted molar refractivity (Wildman–Crippen MR) is 76.2 cm³/mol. The lowest BCUT2D eigenvalue weighted by molar-refractivity contribution is 0.139. The summed E-state index contributed by atoms with van der Waals surface area (Å²) in [5.74, 6) is 0.866. The van der Waals surface area contributed by atoms with Gasteiger partial charge in [0.15, 0.2) is 0 Å². The molecule has 1 heteroatoms. The summed E-state index contributed by atoms with van der Waals surface area (Å²) in [5.41, 5.74) is 1.45. The van der Waals surface area contributed by atoms with Crippen LogP contribution < -0.4 is 0 Å². The number of hydrogen-bond acceptors (Lipinski definition) is 1. The number of hydrogen-bond donors (Lipinski definition) is 0. The minimum Gasteiger partial charge on any atom is -0.296 e. The van der Waals surface area contributed by atoms with Crippen LogP contribution in [0.1, 0.15) is 52.1 Å². The normalized spacial score (nSPS) is 22.5. The van der Waals surface area contributed by atoms with E-state index in [-0.39, 0.29) is 0 Å². The third-order valence-corrected chi connectivity index (χ3v) is 3.52. The Morgan fingerprint density at radius 3 is 2.41 bits per heavy atom. The van der Waals surface area contributed by atoms with Crippen molar-refractivity contribution in [1.29, 1.82) is 0 Å². The Hall–Kier alpha value is -0.820. The maximum absolute atomic E-state index is 2.61. The van der Waals surface area contributed by atoms with Gasteiger partial charge in [0.2, 0.25) is 0 Å². The van der Waals surface area contributed by atoms with E-state index in [0.29, 0.717) is 6.04 Å². The first-order valence-electron chi connectivity index (χ1n) is 7.06. The fourth-order valence-corrected chi connectivity index (χ4v) is 2.52. The average Bonchev–Trinajstić information content (AvgIpc) is 2.41. The lowest BCUT2D eigenvalue weighted by Crippen LogP contribution is -2.36. The molecule has 0 radical (unpaired) electrons. The highest BCUT2D eigenvalue weighted by Gasteiger charge is 2.21. The smallest absolute Gasteiger partial charge is 0.0319 e. The van der Waals surface area contributed by atoms with Crippen molar-refractivity contribution in [3.63, 3.8) is 0 Å². The van der Waals surface area contributed by atoms with Gasteiger partial charge in [0.1, 0.15) is 0 Å². The maximum atomic E-state index is 2.61. The van der Waals surface area contributed by atoms with E-state index in [2.05, 4.69) is 49.1 Å². The maximum Gasteiger partial charge on any atom is 0.0319 e. The van der Waals surface area contributed by atoms with Crippen molar-refractivity contribution >= 4 is 0 Å². The van der Waals surface area contributed by atoms with E-state index in [4.69, 9.17) is 0 Å². The summed E-state index contributed by atoms with van der Waals surface area (Å²) in [4.78, 5) is 2.61. The molecule has 96 valence electrons. The van der Waals surface area contributed by atoms with E-state index in [1.165, 1.54) is 31.5 Å². The lowest BCUT2D eigenvalue weighted by atomic mass is 9.97. The lowest BCUT2D eigenvalue weighted by Gasteiger charge is -2.35. The number of rotatable bonds is 2. The zero-order valence-corrected chi connectivity index (χ0v) is 11.8. The van der Waals surface area contributed by atoms with E-state index in [1.807, 2.05) is 13.8 Å². The summed E-state index contributed by atoms with van der Waals surface area (Å²) in [6, 6.07) is 11.4. The standard InChI is InChI=1S/C14H21N.C2H6/c1-12-7-6-10-15(11-12)13(2)14-8-4-3-5-9-14;1-2/h3-5,8-9,12-13H,6-7,10-11H2,1-2H3;1-2H3. The van der Waals surface area contributed by atoms with E-state index in [1.54, 1.807) is 0 Å². The molecule has 0 aromatic heterocycles. The molecule has 1 saturated heterocycles. The van der Waals surface area contributed by atoms with Gasteiger partial charge in [0.25, 0.3) is 0 Å². The highest BCUT2D eigenvalue weighted by atomic mass is 15.2. The Balaban J connectivity index is 0.000000686. The predicted octanol–water partition coefficient (Wildman–Crippen LogP) is 4.51. The second-order valence-electron chi connectivity index (χ2n) is 4.83. The van der Waals surface area contributed by atoms with Crippen LogP contribution in [0.25, 0.3) is 0 Å². The van der Waals surface area contributed by atoms with Crippen molar-refractivity contribution < 1.29 is 0 Å². The number of benzene rings is 1. The molecule has 17 heavy (non-hydrogen) atoms. The van der Waals surface area contributed by atoms with Gasteiger partial charge < -0.3 is 0 Å². The Morgan fingerprint density at radius 2 is 1.82 bits per heavy atom. The highest BCUT2D eigenvalue weighted by molar-refractivity contribution is 5.18. The molecule has 1 aromatic rings. The molecule has 0 bridgehead atoms. The number of likely N-dealkylation sites (tertiary alicyclic amines) is 1. The molecular formula is C16H27N. The Bertz CT molecular complexity index is 294. The van der Waals surface area contributed by atoms with E-state index in [9.17, 15) is 0 Å². The number of nitrogens with zero attached hydrogens (tertiary/aromatic N) is 1. The van der Waals surface area contributed by atoms with Crippen molar-refractivity contribution in [2.24, 2.45) is 5.92 Å². The summed E-state index contributed by atoms with van der Waals surface area (Å²) in [6.45, 7) is 11.2. The van der Waals surface area contributed by atoms with E-state index in [0.717, 1.165) is 5.92 Å². The Kier molecular flexibility index (Phi) is 6.28. The molecule has 1 fully saturated rings. The van der Waals surface area contributed by atoms with Crippen LogP contribution in [-0.2, 0) is 0 Å². The molecule has 1 aliphatic rings. The van der Waals surface area contributed by atoms with Gasteiger partial charge in [0, 0.05) is 12.6 Å². The molecule has 2 rings (SSSR count). The minimum atomic E-state index is 0.578. The molecule has 2 atom stereocenters. The molecule has 0 amide bonds. The van der Waals surface area contributed by atoms with Gasteiger partial charge in [-0.15, -0.1) is 0 Å². The van der Waals surface area contributed by atoms with Gasteiger partial charge in [-0.3, -0.25) is 4.90 Å². The van der Waals surface area contributed by atoms with Gasteiger partial charge >= 0.3 is 0 Å². The number of piperidine rings is 1. The van der Waals surface area contributed by atoms with Crippen molar-refractivity contribution in [3.05, 3.63) is 35.9 Å². The summed E-state index contributed by atoms with van der Waals surface area (Å²) < 4.78 is 0. The summed E-state index contributed by atoms with van der Waals surface area (Å²) in [6.07, 6.45) is 2.76. The fraction of sp³-hybridized carbons (Fsp3) is 0.625. The van der Waals surface area contributed by atoms with Crippen LogP contribution in [0.2, 0.25) is 0 Å². The van der Waals surface area contributed by atoms with Gasteiger partial charge in [-0.05, 0) is 37.8 Å². The van der Waals surface area contributed by atoms with Crippen molar-refractivity contribution in [1.82, 2.24) is 4.90 Å². The third kappa shape index (κ3) is 4.16. The van der Waals surface area contributed by atoms with E-state index >= 15 is 0 Å². The fourth-order valence-electron chi connectivity index (χ4n) is 2.52. The third-order valence-electron chi connectivity index (χ3n) is 3.52.